The van der Waals surface area contributed by atoms with Crippen LogP contribution in [0.15, 0.2) is 30.9 Å². The van der Waals surface area contributed by atoms with E-state index in [1.54, 1.807) is 0 Å². The first kappa shape index (κ1) is 9.38. The fourth-order valence-electron chi connectivity index (χ4n) is 0.777. The van der Waals surface area contributed by atoms with E-state index < -0.39 is 17.5 Å². The zero-order valence-corrected chi connectivity index (χ0v) is 6.68. The molecule has 0 radical (unpaired) electrons. The number of halogens is 2. The van der Waals surface area contributed by atoms with E-state index in [1.807, 2.05) is 0 Å². The minimum absolute atomic E-state index is 0.190. The Morgan fingerprint density at radius 1 is 1.46 bits per heavy atom. The Balaban J connectivity index is 2.93. The summed E-state index contributed by atoms with van der Waals surface area (Å²) in [6.07, 6.45) is 0.977. The normalized spacial score (nSPS) is 9.38. The molecule has 0 unspecified atom stereocenters. The van der Waals surface area contributed by atoms with Crippen molar-refractivity contribution in [3.05, 3.63) is 42.5 Å². The van der Waals surface area contributed by atoms with E-state index in [2.05, 4.69) is 11.9 Å². The zero-order chi connectivity index (χ0) is 9.84. The maximum absolute atomic E-state index is 12.9. The second-order valence-electron chi connectivity index (χ2n) is 2.32. The van der Waals surface area contributed by atoms with Crippen LogP contribution in [0.25, 0.3) is 0 Å². The van der Waals surface area contributed by atoms with Crippen LogP contribution in [0.4, 0.5) is 14.5 Å². The van der Waals surface area contributed by atoms with Gasteiger partial charge in [0, 0.05) is 6.07 Å². The predicted molar refractivity (Wildman–Crippen MR) is 45.2 cm³/mol. The summed E-state index contributed by atoms with van der Waals surface area (Å²) in [5.74, 6) is -1.87. The Hall–Kier alpha value is -1.71. The highest BCUT2D eigenvalue weighted by Crippen LogP contribution is 2.14. The van der Waals surface area contributed by atoms with Gasteiger partial charge in [-0.25, -0.2) is 8.78 Å². The SMILES string of the molecule is C=CC(=O)Nc1cc(F)ccc1F. The summed E-state index contributed by atoms with van der Waals surface area (Å²) in [6, 6.07) is 2.81. The third kappa shape index (κ3) is 2.37. The molecule has 4 heteroatoms. The molecule has 0 heterocycles. The van der Waals surface area contributed by atoms with Gasteiger partial charge in [-0.2, -0.15) is 0 Å². The molecule has 0 aromatic heterocycles. The molecule has 1 rings (SSSR count). The fourth-order valence-corrected chi connectivity index (χ4v) is 0.777. The number of carbonyl (C=O) groups is 1. The van der Waals surface area contributed by atoms with Crippen molar-refractivity contribution in [2.24, 2.45) is 0 Å². The van der Waals surface area contributed by atoms with Gasteiger partial charge in [-0.3, -0.25) is 4.79 Å². The lowest BCUT2D eigenvalue weighted by atomic mass is 10.3. The number of hydrogen-bond acceptors (Lipinski definition) is 1. The number of carbonyl (C=O) groups excluding carboxylic acids is 1. The Morgan fingerprint density at radius 2 is 2.15 bits per heavy atom. The quantitative estimate of drug-likeness (QED) is 0.699. The van der Waals surface area contributed by atoms with Crippen molar-refractivity contribution in [1.29, 1.82) is 0 Å². The molecule has 0 spiro atoms. The van der Waals surface area contributed by atoms with Gasteiger partial charge < -0.3 is 5.32 Å². The molecule has 0 atom stereocenters. The van der Waals surface area contributed by atoms with Gasteiger partial charge in [-0.05, 0) is 18.2 Å². The van der Waals surface area contributed by atoms with E-state index in [9.17, 15) is 13.6 Å². The molecule has 13 heavy (non-hydrogen) atoms. The van der Waals surface area contributed by atoms with E-state index in [1.165, 1.54) is 0 Å². The standard InChI is InChI=1S/C9H7F2NO/c1-2-9(13)12-8-5-6(10)3-4-7(8)11/h2-5H,1H2,(H,12,13). The molecule has 1 aromatic rings. The molecule has 1 amide bonds. The second kappa shape index (κ2) is 3.80. The summed E-state index contributed by atoms with van der Waals surface area (Å²) in [6.45, 7) is 3.18. The average molecular weight is 183 g/mol. The van der Waals surface area contributed by atoms with Crippen LogP contribution in [0.5, 0.6) is 0 Å². The molecular weight excluding hydrogens is 176 g/mol. The number of rotatable bonds is 2. The molecule has 0 fully saturated rings. The lowest BCUT2D eigenvalue weighted by Crippen LogP contribution is -2.08. The first-order valence-electron chi connectivity index (χ1n) is 3.52. The number of anilines is 1. The first-order chi connectivity index (χ1) is 6.13. The summed E-state index contributed by atoms with van der Waals surface area (Å²) >= 11 is 0. The lowest BCUT2D eigenvalue weighted by Gasteiger charge is -2.02. The number of nitrogens with one attached hydrogen (secondary N) is 1. The highest BCUT2D eigenvalue weighted by molar-refractivity contribution is 5.98. The van der Waals surface area contributed by atoms with E-state index in [-0.39, 0.29) is 5.69 Å². The molecule has 0 bridgehead atoms. The van der Waals surface area contributed by atoms with Crippen LogP contribution in [0, 0.1) is 11.6 Å². The van der Waals surface area contributed by atoms with Gasteiger partial charge in [0.1, 0.15) is 11.6 Å². The van der Waals surface area contributed by atoms with Crippen molar-refractivity contribution in [3.8, 4) is 0 Å². The molecule has 68 valence electrons. The lowest BCUT2D eigenvalue weighted by molar-refractivity contribution is -0.111. The predicted octanol–water partition coefficient (Wildman–Crippen LogP) is 2.09. The summed E-state index contributed by atoms with van der Waals surface area (Å²) in [5, 5.41) is 2.13. The number of hydrogen-bond donors (Lipinski definition) is 1. The summed E-state index contributed by atoms with van der Waals surface area (Å²) in [7, 11) is 0. The number of benzene rings is 1. The average Bonchev–Trinajstić information content (AvgIpc) is 2.11. The Morgan fingerprint density at radius 3 is 2.77 bits per heavy atom. The van der Waals surface area contributed by atoms with Gasteiger partial charge in [0.2, 0.25) is 5.91 Å². The Bertz CT molecular complexity index is 349. The molecular formula is C9H7F2NO. The van der Waals surface area contributed by atoms with Crippen molar-refractivity contribution < 1.29 is 13.6 Å². The van der Waals surface area contributed by atoms with E-state index in [0.717, 1.165) is 24.3 Å². The van der Waals surface area contributed by atoms with Gasteiger partial charge in [-0.1, -0.05) is 6.58 Å². The highest BCUT2D eigenvalue weighted by atomic mass is 19.1. The van der Waals surface area contributed by atoms with Crippen molar-refractivity contribution in [2.75, 3.05) is 5.32 Å². The van der Waals surface area contributed by atoms with Crippen LogP contribution >= 0.6 is 0 Å². The minimum atomic E-state index is -0.684. The summed E-state index contributed by atoms with van der Waals surface area (Å²) in [4.78, 5) is 10.7. The Labute approximate surface area is 73.9 Å². The topological polar surface area (TPSA) is 29.1 Å². The molecule has 2 nitrogen and oxygen atoms in total. The molecule has 0 saturated carbocycles. The fraction of sp³-hybridized carbons (Fsp3) is 0. The smallest absolute Gasteiger partial charge is 0.247 e. The summed E-state index contributed by atoms with van der Waals surface area (Å²) in [5.41, 5.74) is -0.190. The number of amides is 1. The van der Waals surface area contributed by atoms with Gasteiger partial charge >= 0.3 is 0 Å². The van der Waals surface area contributed by atoms with Crippen LogP contribution < -0.4 is 5.32 Å². The molecule has 0 aliphatic carbocycles. The molecule has 1 aromatic carbocycles. The molecule has 0 saturated heterocycles. The molecule has 0 aliphatic rings. The van der Waals surface area contributed by atoms with Gasteiger partial charge in [0.15, 0.2) is 0 Å². The maximum atomic E-state index is 12.9. The molecule has 0 aliphatic heterocycles. The minimum Gasteiger partial charge on any atom is -0.320 e. The van der Waals surface area contributed by atoms with E-state index in [0.29, 0.717) is 0 Å². The van der Waals surface area contributed by atoms with Crippen LogP contribution in [-0.4, -0.2) is 5.91 Å². The van der Waals surface area contributed by atoms with Crippen LogP contribution in [0.1, 0.15) is 0 Å². The molecule has 1 N–H and O–H groups in total. The maximum Gasteiger partial charge on any atom is 0.247 e. The van der Waals surface area contributed by atoms with Crippen molar-refractivity contribution in [1.82, 2.24) is 0 Å². The third-order valence-electron chi connectivity index (χ3n) is 1.37. The van der Waals surface area contributed by atoms with Crippen LogP contribution in [0.2, 0.25) is 0 Å². The van der Waals surface area contributed by atoms with Crippen LogP contribution in [0.3, 0.4) is 0 Å². The van der Waals surface area contributed by atoms with Crippen molar-refractivity contribution in [2.45, 2.75) is 0 Å². The van der Waals surface area contributed by atoms with Crippen molar-refractivity contribution >= 4 is 11.6 Å². The largest absolute Gasteiger partial charge is 0.320 e. The van der Waals surface area contributed by atoms with Crippen molar-refractivity contribution in [3.63, 3.8) is 0 Å². The van der Waals surface area contributed by atoms with E-state index in [4.69, 9.17) is 0 Å². The van der Waals surface area contributed by atoms with E-state index >= 15 is 0 Å². The third-order valence-corrected chi connectivity index (χ3v) is 1.37. The van der Waals surface area contributed by atoms with Gasteiger partial charge in [0.25, 0.3) is 0 Å². The highest BCUT2D eigenvalue weighted by Gasteiger charge is 2.04. The van der Waals surface area contributed by atoms with Gasteiger partial charge in [0.05, 0.1) is 5.69 Å². The summed E-state index contributed by atoms with van der Waals surface area (Å²) < 4.78 is 25.4. The van der Waals surface area contributed by atoms with Crippen LogP contribution in [-0.2, 0) is 4.79 Å². The first-order valence-corrected chi connectivity index (χ1v) is 3.52. The monoisotopic (exact) mass is 183 g/mol. The second-order valence-corrected chi connectivity index (χ2v) is 2.32. The Kier molecular flexibility index (Phi) is 2.74. The zero-order valence-electron chi connectivity index (χ0n) is 6.68. The van der Waals surface area contributed by atoms with Gasteiger partial charge in [-0.15, -0.1) is 0 Å².